The Kier molecular flexibility index (Phi) is 5.96. The molecule has 0 radical (unpaired) electrons. The average Bonchev–Trinajstić information content (AvgIpc) is 2.29. The maximum Gasteiger partial charge on any atom is 0.331 e. The fourth-order valence-corrected chi connectivity index (χ4v) is 1.18. The van der Waals surface area contributed by atoms with Crippen LogP contribution in [-0.4, -0.2) is 22.2 Å². The van der Waals surface area contributed by atoms with Crippen LogP contribution in [0.25, 0.3) is 0 Å². The summed E-state index contributed by atoms with van der Waals surface area (Å²) in [6.45, 7) is 5.50. The summed E-state index contributed by atoms with van der Waals surface area (Å²) in [4.78, 5) is 21.3. The minimum atomic E-state index is -1.08. The Balaban J connectivity index is 0.000000557. The third-order valence-electron chi connectivity index (χ3n) is 2.42. The van der Waals surface area contributed by atoms with Crippen molar-refractivity contribution in [2.75, 3.05) is 0 Å². The van der Waals surface area contributed by atoms with Crippen molar-refractivity contribution in [3.63, 3.8) is 0 Å². The molecule has 0 spiro atoms. The van der Waals surface area contributed by atoms with Crippen LogP contribution in [0.4, 0.5) is 0 Å². The first-order valence-electron chi connectivity index (χ1n) is 5.29. The standard InChI is InChI=1S/C9H10O4.C4H8/c1-9(8(12)13)4-2-3-6(5-9)7(10)11;1-3-4-2/h2-4H,5H2,1H3,(H,10,11)(H,12,13);3-4H,1-2H3. The van der Waals surface area contributed by atoms with Crippen LogP contribution in [0.2, 0.25) is 0 Å². The Morgan fingerprint density at radius 3 is 2.18 bits per heavy atom. The zero-order chi connectivity index (χ0) is 13.5. The molecule has 94 valence electrons. The van der Waals surface area contributed by atoms with Gasteiger partial charge in [-0.1, -0.05) is 30.4 Å². The molecule has 1 atom stereocenters. The number of hydrogen-bond donors (Lipinski definition) is 2. The number of carbonyl (C=O) groups is 2. The number of rotatable bonds is 2. The summed E-state index contributed by atoms with van der Waals surface area (Å²) in [5, 5.41) is 17.5. The smallest absolute Gasteiger partial charge is 0.331 e. The lowest BCUT2D eigenvalue weighted by Crippen LogP contribution is -2.28. The molecule has 4 heteroatoms. The molecule has 0 aromatic rings. The lowest BCUT2D eigenvalue weighted by molar-refractivity contribution is -0.145. The summed E-state index contributed by atoms with van der Waals surface area (Å²) >= 11 is 0. The van der Waals surface area contributed by atoms with Gasteiger partial charge < -0.3 is 10.2 Å². The van der Waals surface area contributed by atoms with Crippen molar-refractivity contribution in [3.8, 4) is 0 Å². The molecule has 0 amide bonds. The van der Waals surface area contributed by atoms with Crippen molar-refractivity contribution in [1.82, 2.24) is 0 Å². The van der Waals surface area contributed by atoms with Gasteiger partial charge >= 0.3 is 11.9 Å². The van der Waals surface area contributed by atoms with Gasteiger partial charge in [-0.2, -0.15) is 0 Å². The van der Waals surface area contributed by atoms with Gasteiger partial charge in [0.2, 0.25) is 0 Å². The molecule has 0 aliphatic heterocycles. The van der Waals surface area contributed by atoms with E-state index in [1.165, 1.54) is 25.2 Å². The Morgan fingerprint density at radius 2 is 1.82 bits per heavy atom. The molecule has 0 saturated carbocycles. The van der Waals surface area contributed by atoms with Crippen molar-refractivity contribution in [2.45, 2.75) is 27.2 Å². The Hall–Kier alpha value is -1.84. The van der Waals surface area contributed by atoms with E-state index in [2.05, 4.69) is 0 Å². The van der Waals surface area contributed by atoms with E-state index < -0.39 is 17.4 Å². The summed E-state index contributed by atoms with van der Waals surface area (Å²) in [6, 6.07) is 0. The highest BCUT2D eigenvalue weighted by Gasteiger charge is 2.34. The summed E-state index contributed by atoms with van der Waals surface area (Å²) in [6.07, 6.45) is 8.43. The third-order valence-corrected chi connectivity index (χ3v) is 2.42. The molecule has 1 unspecified atom stereocenters. The molecular weight excluding hydrogens is 220 g/mol. The largest absolute Gasteiger partial charge is 0.481 e. The summed E-state index contributed by atoms with van der Waals surface area (Å²) in [5.74, 6) is -2.06. The molecule has 1 aliphatic carbocycles. The summed E-state index contributed by atoms with van der Waals surface area (Å²) < 4.78 is 0. The second kappa shape index (κ2) is 6.68. The molecule has 0 heterocycles. The molecule has 4 nitrogen and oxygen atoms in total. The topological polar surface area (TPSA) is 74.6 Å². The van der Waals surface area contributed by atoms with Crippen LogP contribution in [0.3, 0.4) is 0 Å². The van der Waals surface area contributed by atoms with Gasteiger partial charge in [-0.25, -0.2) is 4.79 Å². The number of carboxylic acids is 2. The maximum absolute atomic E-state index is 10.8. The van der Waals surface area contributed by atoms with E-state index in [-0.39, 0.29) is 12.0 Å². The van der Waals surface area contributed by atoms with E-state index in [4.69, 9.17) is 10.2 Å². The van der Waals surface area contributed by atoms with Crippen molar-refractivity contribution in [2.24, 2.45) is 5.41 Å². The Labute approximate surface area is 101 Å². The third kappa shape index (κ3) is 4.68. The van der Waals surface area contributed by atoms with Gasteiger partial charge in [0.05, 0.1) is 5.41 Å². The first-order valence-corrected chi connectivity index (χ1v) is 5.29. The number of carboxylic acid groups (broad SMARTS) is 2. The zero-order valence-electron chi connectivity index (χ0n) is 10.3. The zero-order valence-corrected chi connectivity index (χ0v) is 10.3. The van der Waals surface area contributed by atoms with Crippen molar-refractivity contribution < 1.29 is 19.8 Å². The van der Waals surface area contributed by atoms with Crippen molar-refractivity contribution in [1.29, 1.82) is 0 Å². The number of aliphatic carboxylic acids is 2. The van der Waals surface area contributed by atoms with Gasteiger partial charge in [0, 0.05) is 5.57 Å². The highest BCUT2D eigenvalue weighted by molar-refractivity contribution is 5.90. The molecule has 0 aromatic carbocycles. The molecule has 0 aromatic heterocycles. The predicted molar refractivity (Wildman–Crippen MR) is 65.7 cm³/mol. The van der Waals surface area contributed by atoms with E-state index in [0.717, 1.165) is 0 Å². The summed E-state index contributed by atoms with van der Waals surface area (Å²) in [7, 11) is 0. The molecule has 0 bridgehead atoms. The van der Waals surface area contributed by atoms with Crippen LogP contribution in [-0.2, 0) is 9.59 Å². The van der Waals surface area contributed by atoms with Gasteiger partial charge in [-0.15, -0.1) is 0 Å². The molecule has 2 N–H and O–H groups in total. The highest BCUT2D eigenvalue weighted by atomic mass is 16.4. The van der Waals surface area contributed by atoms with Crippen LogP contribution >= 0.6 is 0 Å². The van der Waals surface area contributed by atoms with E-state index in [1.54, 1.807) is 0 Å². The highest BCUT2D eigenvalue weighted by Crippen LogP contribution is 2.31. The fraction of sp³-hybridized carbons (Fsp3) is 0.385. The number of hydrogen-bond acceptors (Lipinski definition) is 2. The lowest BCUT2D eigenvalue weighted by Gasteiger charge is -2.23. The monoisotopic (exact) mass is 238 g/mol. The lowest BCUT2D eigenvalue weighted by atomic mass is 9.80. The second-order valence-corrected chi connectivity index (χ2v) is 3.92. The average molecular weight is 238 g/mol. The molecule has 0 saturated heterocycles. The van der Waals surface area contributed by atoms with Gasteiger partial charge in [0.1, 0.15) is 0 Å². The van der Waals surface area contributed by atoms with Crippen LogP contribution < -0.4 is 0 Å². The van der Waals surface area contributed by atoms with Crippen LogP contribution in [0.5, 0.6) is 0 Å². The van der Waals surface area contributed by atoms with E-state index in [1.807, 2.05) is 26.0 Å². The van der Waals surface area contributed by atoms with Gasteiger partial charge in [-0.05, 0) is 27.2 Å². The van der Waals surface area contributed by atoms with Crippen molar-refractivity contribution in [3.05, 3.63) is 36.0 Å². The van der Waals surface area contributed by atoms with E-state index >= 15 is 0 Å². The molecular formula is C13H18O4. The minimum absolute atomic E-state index is 0.0359. The van der Waals surface area contributed by atoms with Gasteiger partial charge in [-0.3, -0.25) is 4.79 Å². The van der Waals surface area contributed by atoms with Gasteiger partial charge in [0.15, 0.2) is 0 Å². The Bertz CT molecular complexity index is 373. The number of allylic oxidation sites excluding steroid dienone is 4. The summed E-state index contributed by atoms with van der Waals surface area (Å²) in [5.41, 5.74) is -0.949. The Morgan fingerprint density at radius 1 is 1.29 bits per heavy atom. The quantitative estimate of drug-likeness (QED) is 0.725. The van der Waals surface area contributed by atoms with Crippen LogP contribution in [0.15, 0.2) is 36.0 Å². The normalized spacial score (nSPS) is 22.6. The first-order chi connectivity index (χ1) is 7.87. The molecule has 1 rings (SSSR count). The first kappa shape index (κ1) is 15.2. The van der Waals surface area contributed by atoms with E-state index in [0.29, 0.717) is 0 Å². The van der Waals surface area contributed by atoms with Crippen molar-refractivity contribution >= 4 is 11.9 Å². The SMILES string of the molecule is CC1(C(=O)O)C=CC=C(C(=O)O)C1.CC=CC. The van der Waals surface area contributed by atoms with E-state index in [9.17, 15) is 9.59 Å². The minimum Gasteiger partial charge on any atom is -0.481 e. The molecule has 1 aliphatic rings. The maximum atomic E-state index is 10.8. The van der Waals surface area contributed by atoms with Crippen LogP contribution in [0.1, 0.15) is 27.2 Å². The fourth-order valence-electron chi connectivity index (χ4n) is 1.18. The molecule has 0 fully saturated rings. The second-order valence-electron chi connectivity index (χ2n) is 3.92. The molecule has 17 heavy (non-hydrogen) atoms. The van der Waals surface area contributed by atoms with Crippen LogP contribution in [0, 0.1) is 5.41 Å². The predicted octanol–water partition coefficient (Wildman–Crippen LogP) is 2.63. The van der Waals surface area contributed by atoms with Gasteiger partial charge in [0.25, 0.3) is 0 Å².